The average Bonchev–Trinajstić information content (AvgIpc) is 2.66. The minimum absolute atomic E-state index is 0.0116. The van der Waals surface area contributed by atoms with E-state index in [0.717, 1.165) is 5.56 Å². The smallest absolute Gasteiger partial charge is 0.255 e. The highest BCUT2D eigenvalue weighted by molar-refractivity contribution is 7.89. The molecule has 2 N–H and O–H groups in total. The lowest BCUT2D eigenvalue weighted by atomic mass is 10.2. The predicted octanol–water partition coefficient (Wildman–Crippen LogP) is 1.93. The van der Waals surface area contributed by atoms with Crippen LogP contribution in [0.1, 0.15) is 22.8 Å². The fraction of sp³-hybridized carbons (Fsp3) is 0.278. The van der Waals surface area contributed by atoms with Gasteiger partial charge in [-0.25, -0.2) is 13.1 Å². The molecule has 0 saturated heterocycles. The van der Waals surface area contributed by atoms with Crippen molar-refractivity contribution < 1.29 is 22.7 Å². The summed E-state index contributed by atoms with van der Waals surface area (Å²) in [6, 6.07) is 11.3. The van der Waals surface area contributed by atoms with Gasteiger partial charge >= 0.3 is 0 Å². The highest BCUT2D eigenvalue weighted by Crippen LogP contribution is 2.23. The molecule has 8 heteroatoms. The van der Waals surface area contributed by atoms with E-state index in [0.29, 0.717) is 18.0 Å². The van der Waals surface area contributed by atoms with E-state index in [1.54, 1.807) is 38.3 Å². The van der Waals surface area contributed by atoms with Gasteiger partial charge in [-0.1, -0.05) is 12.1 Å². The molecule has 0 atom stereocenters. The maximum Gasteiger partial charge on any atom is 0.255 e. The van der Waals surface area contributed by atoms with Crippen LogP contribution >= 0.6 is 0 Å². The molecule has 140 valence electrons. The van der Waals surface area contributed by atoms with Crippen LogP contribution in [0.2, 0.25) is 0 Å². The monoisotopic (exact) mass is 378 g/mol. The SMILES string of the molecule is CCNC(=O)c1cc(S(=O)(=O)NCc2cccc(OC)c2)ccc1OC. The number of carbonyl (C=O) groups excluding carboxylic acids is 1. The topological polar surface area (TPSA) is 93.7 Å². The van der Waals surface area contributed by atoms with E-state index in [-0.39, 0.29) is 17.0 Å². The number of rotatable bonds is 8. The standard InChI is InChI=1S/C18H22N2O5S/c1-4-19-18(21)16-11-15(8-9-17(16)25-3)26(22,23)20-12-13-6-5-7-14(10-13)24-2/h5-11,20H,4,12H2,1-3H3,(H,19,21). The van der Waals surface area contributed by atoms with Gasteiger partial charge in [0.25, 0.3) is 5.91 Å². The van der Waals surface area contributed by atoms with Crippen LogP contribution in [0, 0.1) is 0 Å². The van der Waals surface area contributed by atoms with Gasteiger partial charge in [-0.15, -0.1) is 0 Å². The normalized spacial score (nSPS) is 11.0. The zero-order chi connectivity index (χ0) is 19.2. The van der Waals surface area contributed by atoms with Gasteiger partial charge in [0.1, 0.15) is 11.5 Å². The second-order valence-electron chi connectivity index (χ2n) is 5.40. The van der Waals surface area contributed by atoms with E-state index in [2.05, 4.69) is 10.0 Å². The zero-order valence-electron chi connectivity index (χ0n) is 14.9. The third-order valence-corrected chi connectivity index (χ3v) is 5.06. The molecule has 0 spiro atoms. The van der Waals surface area contributed by atoms with Gasteiger partial charge in [0.15, 0.2) is 0 Å². The molecule has 0 bridgehead atoms. The predicted molar refractivity (Wildman–Crippen MR) is 98.0 cm³/mol. The molecule has 26 heavy (non-hydrogen) atoms. The molecular weight excluding hydrogens is 356 g/mol. The number of hydrogen-bond donors (Lipinski definition) is 2. The van der Waals surface area contributed by atoms with Gasteiger partial charge < -0.3 is 14.8 Å². The van der Waals surface area contributed by atoms with Crippen LogP contribution in [0.15, 0.2) is 47.4 Å². The van der Waals surface area contributed by atoms with Crippen LogP contribution in [0.5, 0.6) is 11.5 Å². The first-order valence-corrected chi connectivity index (χ1v) is 9.48. The maximum atomic E-state index is 12.6. The summed E-state index contributed by atoms with van der Waals surface area (Å²) in [7, 11) is -0.831. The largest absolute Gasteiger partial charge is 0.497 e. The Labute approximate surface area is 153 Å². The quantitative estimate of drug-likeness (QED) is 0.732. The number of sulfonamides is 1. The lowest BCUT2D eigenvalue weighted by molar-refractivity contribution is 0.0952. The van der Waals surface area contributed by atoms with E-state index in [1.165, 1.54) is 25.3 Å². The number of benzene rings is 2. The Kier molecular flexibility index (Phi) is 6.59. The molecule has 0 heterocycles. The van der Waals surface area contributed by atoms with Gasteiger partial charge in [0.05, 0.1) is 24.7 Å². The molecule has 2 aromatic rings. The summed E-state index contributed by atoms with van der Waals surface area (Å²) < 4.78 is 37.9. The first kappa shape index (κ1) is 19.7. The maximum absolute atomic E-state index is 12.6. The van der Waals surface area contributed by atoms with Gasteiger partial charge in [-0.3, -0.25) is 4.79 Å². The fourth-order valence-electron chi connectivity index (χ4n) is 2.33. The van der Waals surface area contributed by atoms with Gasteiger partial charge in [0, 0.05) is 13.1 Å². The number of carbonyl (C=O) groups is 1. The van der Waals surface area contributed by atoms with Gasteiger partial charge in [0.2, 0.25) is 10.0 Å². The fourth-order valence-corrected chi connectivity index (χ4v) is 3.38. The average molecular weight is 378 g/mol. The molecule has 2 rings (SSSR count). The van der Waals surface area contributed by atoms with Crippen molar-refractivity contribution in [3.05, 3.63) is 53.6 Å². The summed E-state index contributed by atoms with van der Waals surface area (Å²) in [6.07, 6.45) is 0. The van der Waals surface area contributed by atoms with Crippen molar-refractivity contribution in [2.45, 2.75) is 18.4 Å². The third kappa shape index (κ3) is 4.74. The lowest BCUT2D eigenvalue weighted by Gasteiger charge is -2.12. The summed E-state index contributed by atoms with van der Waals surface area (Å²) >= 11 is 0. The van der Waals surface area contributed by atoms with Crippen LogP contribution in [-0.4, -0.2) is 35.1 Å². The van der Waals surface area contributed by atoms with Crippen molar-refractivity contribution in [3.63, 3.8) is 0 Å². The molecule has 0 aliphatic carbocycles. The highest BCUT2D eigenvalue weighted by atomic mass is 32.2. The summed E-state index contributed by atoms with van der Waals surface area (Å²) in [6.45, 7) is 2.30. The van der Waals surface area contributed by atoms with Crippen molar-refractivity contribution in [3.8, 4) is 11.5 Å². The van der Waals surface area contributed by atoms with Crippen molar-refractivity contribution in [1.82, 2.24) is 10.0 Å². The van der Waals surface area contributed by atoms with E-state index in [4.69, 9.17) is 9.47 Å². The first-order chi connectivity index (χ1) is 12.4. The lowest BCUT2D eigenvalue weighted by Crippen LogP contribution is -2.26. The molecule has 0 radical (unpaired) electrons. The van der Waals surface area contributed by atoms with Crippen LogP contribution < -0.4 is 19.5 Å². The molecule has 0 aliphatic heterocycles. The molecule has 0 aliphatic rings. The minimum atomic E-state index is -3.80. The van der Waals surface area contributed by atoms with Crippen molar-refractivity contribution in [1.29, 1.82) is 0 Å². The molecular formula is C18H22N2O5S. The summed E-state index contributed by atoms with van der Waals surface area (Å²) in [5.74, 6) is 0.557. The zero-order valence-corrected chi connectivity index (χ0v) is 15.7. The second kappa shape index (κ2) is 8.68. The Morgan fingerprint density at radius 2 is 1.85 bits per heavy atom. The van der Waals surface area contributed by atoms with Crippen LogP contribution in [-0.2, 0) is 16.6 Å². The second-order valence-corrected chi connectivity index (χ2v) is 7.16. The molecule has 7 nitrogen and oxygen atoms in total. The summed E-state index contributed by atoms with van der Waals surface area (Å²) in [4.78, 5) is 12.1. The van der Waals surface area contributed by atoms with Crippen molar-refractivity contribution >= 4 is 15.9 Å². The number of nitrogens with one attached hydrogen (secondary N) is 2. The molecule has 0 fully saturated rings. The Bertz CT molecular complexity index is 881. The molecule has 0 unspecified atom stereocenters. The van der Waals surface area contributed by atoms with Crippen molar-refractivity contribution in [2.24, 2.45) is 0 Å². The van der Waals surface area contributed by atoms with Crippen molar-refractivity contribution in [2.75, 3.05) is 20.8 Å². The van der Waals surface area contributed by atoms with Gasteiger partial charge in [-0.05, 0) is 42.8 Å². The summed E-state index contributed by atoms with van der Waals surface area (Å²) in [5.41, 5.74) is 0.920. The highest BCUT2D eigenvalue weighted by Gasteiger charge is 2.19. The van der Waals surface area contributed by atoms with E-state index < -0.39 is 15.9 Å². The molecule has 0 saturated carbocycles. The number of hydrogen-bond acceptors (Lipinski definition) is 5. The van der Waals surface area contributed by atoms with E-state index >= 15 is 0 Å². The van der Waals surface area contributed by atoms with Gasteiger partial charge in [-0.2, -0.15) is 0 Å². The molecule has 1 amide bonds. The molecule has 2 aromatic carbocycles. The van der Waals surface area contributed by atoms with E-state index in [9.17, 15) is 13.2 Å². The van der Waals surface area contributed by atoms with Crippen LogP contribution in [0.3, 0.4) is 0 Å². The minimum Gasteiger partial charge on any atom is -0.497 e. The Hall–Kier alpha value is -2.58. The third-order valence-electron chi connectivity index (χ3n) is 3.66. The van der Waals surface area contributed by atoms with Crippen LogP contribution in [0.4, 0.5) is 0 Å². The number of ether oxygens (including phenoxy) is 2. The Morgan fingerprint density at radius 3 is 2.50 bits per heavy atom. The first-order valence-electron chi connectivity index (χ1n) is 8.00. The van der Waals surface area contributed by atoms with Crippen LogP contribution in [0.25, 0.3) is 0 Å². The van der Waals surface area contributed by atoms with E-state index in [1.807, 2.05) is 0 Å². The Morgan fingerprint density at radius 1 is 1.08 bits per heavy atom. The summed E-state index contributed by atoms with van der Waals surface area (Å²) in [5, 5.41) is 2.64. The Balaban J connectivity index is 2.24. The number of methoxy groups -OCH3 is 2. The molecule has 0 aromatic heterocycles. The number of amides is 1.